The highest BCUT2D eigenvalue weighted by molar-refractivity contribution is 9.10. The summed E-state index contributed by atoms with van der Waals surface area (Å²) in [7, 11) is 0. The summed E-state index contributed by atoms with van der Waals surface area (Å²) in [4.78, 5) is 59.5. The van der Waals surface area contributed by atoms with Gasteiger partial charge in [-0.2, -0.15) is 0 Å². The molecular formula is C21H24BrNO10. The van der Waals surface area contributed by atoms with E-state index >= 15 is 0 Å². The summed E-state index contributed by atoms with van der Waals surface area (Å²) in [5.74, 6) is -3.47. The molecular weight excluding hydrogens is 506 g/mol. The van der Waals surface area contributed by atoms with Crippen LogP contribution in [0.4, 0.5) is 0 Å². The van der Waals surface area contributed by atoms with Crippen LogP contribution in [0.1, 0.15) is 38.1 Å². The van der Waals surface area contributed by atoms with E-state index in [0.717, 1.165) is 32.2 Å². The molecule has 12 heteroatoms. The van der Waals surface area contributed by atoms with Gasteiger partial charge in [0, 0.05) is 37.7 Å². The first kappa shape index (κ1) is 26.3. The van der Waals surface area contributed by atoms with Gasteiger partial charge in [-0.3, -0.25) is 24.0 Å². The summed E-state index contributed by atoms with van der Waals surface area (Å²) >= 11 is 3.28. The van der Waals surface area contributed by atoms with Gasteiger partial charge in [-0.05, 0) is 24.3 Å². The summed E-state index contributed by atoms with van der Waals surface area (Å²) in [5, 5.41) is 2.62. The molecule has 33 heavy (non-hydrogen) atoms. The third-order valence-corrected chi connectivity index (χ3v) is 4.92. The summed E-state index contributed by atoms with van der Waals surface area (Å²) in [6.07, 6.45) is -5.22. The smallest absolute Gasteiger partial charge is 0.305 e. The number of nitrogens with one attached hydrogen (secondary N) is 1. The van der Waals surface area contributed by atoms with Gasteiger partial charge in [-0.25, -0.2) is 0 Å². The zero-order chi connectivity index (χ0) is 24.7. The maximum atomic E-state index is 12.9. The van der Waals surface area contributed by atoms with E-state index in [4.69, 9.17) is 23.7 Å². The van der Waals surface area contributed by atoms with Crippen LogP contribution in [0.15, 0.2) is 28.7 Å². The number of carbonyl (C=O) groups excluding carboxylic acids is 5. The Balaban J connectivity index is 2.44. The number of hydrogen-bond acceptors (Lipinski definition) is 10. The standard InChI is InChI=1S/C21H24BrNO10/c1-10(24)29-9-16-18(30-11(2)25)19(31-12(3)26)17(21(33-16)32-13(4)27)23-20(28)14-5-7-15(22)8-6-14/h5-8,16-19,21H,9H2,1-4H3,(H,23,28)/t16-,17+,18-,19-,21-/m1/s1. The number of hydrogen-bond donors (Lipinski definition) is 1. The number of rotatable bonds is 7. The summed E-state index contributed by atoms with van der Waals surface area (Å²) in [6, 6.07) is 5.12. The first-order valence-electron chi connectivity index (χ1n) is 9.84. The van der Waals surface area contributed by atoms with Crippen molar-refractivity contribution in [1.29, 1.82) is 0 Å². The lowest BCUT2D eigenvalue weighted by molar-refractivity contribution is -0.270. The van der Waals surface area contributed by atoms with E-state index in [1.54, 1.807) is 12.1 Å². The number of benzene rings is 1. The molecule has 0 aliphatic carbocycles. The monoisotopic (exact) mass is 529 g/mol. The molecule has 0 saturated carbocycles. The summed E-state index contributed by atoms with van der Waals surface area (Å²) < 4.78 is 27.3. The van der Waals surface area contributed by atoms with E-state index in [9.17, 15) is 24.0 Å². The van der Waals surface area contributed by atoms with Gasteiger partial charge in [-0.1, -0.05) is 15.9 Å². The van der Waals surface area contributed by atoms with Crippen LogP contribution >= 0.6 is 15.9 Å². The molecule has 5 atom stereocenters. The van der Waals surface area contributed by atoms with Crippen molar-refractivity contribution in [3.63, 3.8) is 0 Å². The molecule has 1 amide bonds. The molecule has 11 nitrogen and oxygen atoms in total. The third kappa shape index (κ3) is 7.82. The van der Waals surface area contributed by atoms with Gasteiger partial charge in [0.25, 0.3) is 5.91 Å². The van der Waals surface area contributed by atoms with Crippen LogP contribution in [0.25, 0.3) is 0 Å². The Morgan fingerprint density at radius 2 is 1.39 bits per heavy atom. The minimum absolute atomic E-state index is 0.257. The van der Waals surface area contributed by atoms with Crippen molar-refractivity contribution in [2.45, 2.75) is 58.3 Å². The van der Waals surface area contributed by atoms with Crippen LogP contribution in [0.5, 0.6) is 0 Å². The molecule has 1 heterocycles. The fourth-order valence-corrected chi connectivity index (χ4v) is 3.42. The van der Waals surface area contributed by atoms with E-state index < -0.39 is 67.0 Å². The molecule has 0 unspecified atom stereocenters. The van der Waals surface area contributed by atoms with Gasteiger partial charge in [0.05, 0.1) is 0 Å². The highest BCUT2D eigenvalue weighted by atomic mass is 79.9. The normalized spacial score (nSPS) is 24.2. The number of ether oxygens (including phenoxy) is 5. The van der Waals surface area contributed by atoms with Gasteiger partial charge >= 0.3 is 23.9 Å². The van der Waals surface area contributed by atoms with Crippen LogP contribution < -0.4 is 5.32 Å². The molecule has 1 aliphatic rings. The first-order chi connectivity index (χ1) is 15.5. The topological polar surface area (TPSA) is 144 Å². The molecule has 1 aliphatic heterocycles. The molecule has 1 fully saturated rings. The van der Waals surface area contributed by atoms with E-state index in [-0.39, 0.29) is 5.56 Å². The van der Waals surface area contributed by atoms with Gasteiger partial charge in [0.15, 0.2) is 12.2 Å². The zero-order valence-electron chi connectivity index (χ0n) is 18.4. The van der Waals surface area contributed by atoms with Crippen LogP contribution in [0.3, 0.4) is 0 Å². The van der Waals surface area contributed by atoms with Crippen molar-refractivity contribution >= 4 is 45.7 Å². The molecule has 2 rings (SSSR count). The average Bonchev–Trinajstić information content (AvgIpc) is 2.70. The van der Waals surface area contributed by atoms with Gasteiger partial charge in [-0.15, -0.1) is 0 Å². The second kappa shape index (κ2) is 11.8. The van der Waals surface area contributed by atoms with E-state index in [0.29, 0.717) is 0 Å². The Morgan fingerprint density at radius 1 is 0.848 bits per heavy atom. The Morgan fingerprint density at radius 3 is 1.91 bits per heavy atom. The minimum Gasteiger partial charge on any atom is -0.463 e. The van der Waals surface area contributed by atoms with Crippen molar-refractivity contribution < 1.29 is 47.7 Å². The lowest BCUT2D eigenvalue weighted by atomic mass is 9.95. The van der Waals surface area contributed by atoms with Crippen molar-refractivity contribution in [2.24, 2.45) is 0 Å². The van der Waals surface area contributed by atoms with Crippen molar-refractivity contribution in [3.05, 3.63) is 34.3 Å². The Bertz CT molecular complexity index is 903. The van der Waals surface area contributed by atoms with Crippen LogP contribution in [-0.2, 0) is 42.9 Å². The molecule has 1 saturated heterocycles. The van der Waals surface area contributed by atoms with E-state index in [1.807, 2.05) is 0 Å². The van der Waals surface area contributed by atoms with E-state index in [1.165, 1.54) is 12.1 Å². The largest absolute Gasteiger partial charge is 0.463 e. The highest BCUT2D eigenvalue weighted by Crippen LogP contribution is 2.28. The molecule has 180 valence electrons. The zero-order valence-corrected chi connectivity index (χ0v) is 19.9. The SMILES string of the molecule is CC(=O)OC[C@H]1O[C@@H](OC(C)=O)[C@@H](NC(=O)c2ccc(Br)cc2)[C@@H](OC(C)=O)[C@@H]1OC(C)=O. The van der Waals surface area contributed by atoms with E-state index in [2.05, 4.69) is 21.2 Å². The third-order valence-electron chi connectivity index (χ3n) is 4.39. The Kier molecular flexibility index (Phi) is 9.35. The molecule has 0 spiro atoms. The molecule has 0 radical (unpaired) electrons. The molecule has 0 aromatic heterocycles. The number of amides is 1. The first-order valence-corrected chi connectivity index (χ1v) is 10.6. The molecule has 1 N–H and O–H groups in total. The van der Waals surface area contributed by atoms with Crippen LogP contribution in [0.2, 0.25) is 0 Å². The van der Waals surface area contributed by atoms with Crippen LogP contribution in [0, 0.1) is 0 Å². The maximum Gasteiger partial charge on any atom is 0.305 e. The predicted octanol–water partition coefficient (Wildman–Crippen LogP) is 1.26. The van der Waals surface area contributed by atoms with Gasteiger partial charge in [0.2, 0.25) is 6.29 Å². The van der Waals surface area contributed by atoms with Crippen molar-refractivity contribution in [3.8, 4) is 0 Å². The molecule has 1 aromatic carbocycles. The van der Waals surface area contributed by atoms with Crippen molar-refractivity contribution in [2.75, 3.05) is 6.61 Å². The molecule has 0 bridgehead atoms. The number of esters is 4. The summed E-state index contributed by atoms with van der Waals surface area (Å²) in [5.41, 5.74) is 0.257. The summed E-state index contributed by atoms with van der Waals surface area (Å²) in [6.45, 7) is 4.14. The lowest BCUT2D eigenvalue weighted by Gasteiger charge is -2.44. The highest BCUT2D eigenvalue weighted by Gasteiger charge is 2.52. The lowest BCUT2D eigenvalue weighted by Crippen LogP contribution is -2.67. The maximum absolute atomic E-state index is 12.9. The average molecular weight is 530 g/mol. The second-order valence-corrected chi connectivity index (χ2v) is 8.02. The van der Waals surface area contributed by atoms with Gasteiger partial charge < -0.3 is 29.0 Å². The van der Waals surface area contributed by atoms with Gasteiger partial charge in [0.1, 0.15) is 18.8 Å². The fourth-order valence-electron chi connectivity index (χ4n) is 3.16. The minimum atomic E-state index is -1.45. The number of carbonyl (C=O) groups is 5. The Labute approximate surface area is 198 Å². The van der Waals surface area contributed by atoms with Crippen LogP contribution in [-0.4, -0.2) is 67.0 Å². The fraction of sp³-hybridized carbons (Fsp3) is 0.476. The molecule has 1 aromatic rings. The quantitative estimate of drug-likeness (QED) is 0.404. The second-order valence-electron chi connectivity index (χ2n) is 7.11. The van der Waals surface area contributed by atoms with Crippen molar-refractivity contribution in [1.82, 2.24) is 5.32 Å². The Hall–Kier alpha value is -2.99. The predicted molar refractivity (Wildman–Crippen MR) is 114 cm³/mol. The number of halogens is 1.